The molecule has 5 nitrogen and oxygen atoms in total. The Morgan fingerprint density at radius 2 is 2.00 bits per heavy atom. The maximum absolute atomic E-state index is 12.8. The number of nitrogens with one attached hydrogen (secondary N) is 1. The van der Waals surface area contributed by atoms with Gasteiger partial charge in [-0.15, -0.1) is 0 Å². The number of benzene rings is 2. The van der Waals surface area contributed by atoms with E-state index in [1.54, 1.807) is 7.11 Å². The molecule has 29 heavy (non-hydrogen) atoms. The number of carbonyl (C=O) groups excluding carboxylic acids is 1. The van der Waals surface area contributed by atoms with Crippen molar-refractivity contribution in [2.45, 2.75) is 25.9 Å². The number of H-pyrrole nitrogens is 1. The first-order chi connectivity index (χ1) is 14.2. The van der Waals surface area contributed by atoms with Crippen LogP contribution in [-0.2, 0) is 35.4 Å². The van der Waals surface area contributed by atoms with Gasteiger partial charge < -0.3 is 9.64 Å². The Hall–Kier alpha value is -2.63. The molecule has 3 aromatic rings. The number of carbonyl (C=O) groups is 1. The molecule has 2 heterocycles. The summed E-state index contributed by atoms with van der Waals surface area (Å²) in [4.78, 5) is 14.8. The molecule has 0 atom stereocenters. The predicted molar refractivity (Wildman–Crippen MR) is 114 cm³/mol. The molecule has 150 valence electrons. The molecule has 2 aromatic carbocycles. The second-order valence-electron chi connectivity index (χ2n) is 7.31. The average molecular weight is 410 g/mol. The SMILES string of the molecule is COCc1cccc(-c2n[nH]c3c2CCN(C(=O)Cc2ccccc2Cl)CC3)c1. The van der Waals surface area contributed by atoms with Gasteiger partial charge in [0, 0.05) is 48.5 Å². The third-order valence-corrected chi connectivity index (χ3v) is 5.75. The number of hydrogen-bond donors (Lipinski definition) is 1. The van der Waals surface area contributed by atoms with Crippen molar-refractivity contribution < 1.29 is 9.53 Å². The molecule has 1 aliphatic rings. The molecule has 0 bridgehead atoms. The van der Waals surface area contributed by atoms with Crippen molar-refractivity contribution in [2.75, 3.05) is 20.2 Å². The van der Waals surface area contributed by atoms with Crippen molar-refractivity contribution in [1.82, 2.24) is 15.1 Å². The monoisotopic (exact) mass is 409 g/mol. The topological polar surface area (TPSA) is 58.2 Å². The fourth-order valence-corrected chi connectivity index (χ4v) is 4.06. The van der Waals surface area contributed by atoms with Crippen molar-refractivity contribution in [3.05, 3.63) is 75.9 Å². The lowest BCUT2D eigenvalue weighted by atomic mass is 10.0. The van der Waals surface area contributed by atoms with E-state index in [0.717, 1.165) is 40.9 Å². The zero-order valence-corrected chi connectivity index (χ0v) is 17.2. The summed E-state index contributed by atoms with van der Waals surface area (Å²) in [7, 11) is 1.70. The summed E-state index contributed by atoms with van der Waals surface area (Å²) < 4.78 is 5.25. The van der Waals surface area contributed by atoms with E-state index in [4.69, 9.17) is 16.3 Å². The third-order valence-electron chi connectivity index (χ3n) is 5.38. The molecular weight excluding hydrogens is 386 g/mol. The fraction of sp³-hybridized carbons (Fsp3) is 0.304. The highest BCUT2D eigenvalue weighted by molar-refractivity contribution is 6.31. The predicted octanol–water partition coefficient (Wildman–Crippen LogP) is 4.05. The summed E-state index contributed by atoms with van der Waals surface area (Å²) in [5.74, 6) is 0.111. The van der Waals surface area contributed by atoms with Gasteiger partial charge in [0.2, 0.25) is 5.91 Å². The first kappa shape index (κ1) is 19.7. The summed E-state index contributed by atoms with van der Waals surface area (Å²) >= 11 is 6.23. The fourth-order valence-electron chi connectivity index (χ4n) is 3.86. The Morgan fingerprint density at radius 1 is 1.17 bits per heavy atom. The number of halogens is 1. The van der Waals surface area contributed by atoms with E-state index in [1.165, 1.54) is 5.56 Å². The van der Waals surface area contributed by atoms with Gasteiger partial charge in [-0.25, -0.2) is 0 Å². The van der Waals surface area contributed by atoms with Gasteiger partial charge in [-0.2, -0.15) is 5.10 Å². The maximum Gasteiger partial charge on any atom is 0.227 e. The standard InChI is InChI=1S/C23H24ClN3O2/c1-29-15-16-5-4-7-18(13-16)23-19-9-11-27(12-10-21(19)25-26-23)22(28)14-17-6-2-3-8-20(17)24/h2-8,13H,9-12,14-15H2,1H3,(H,25,26). The van der Waals surface area contributed by atoms with E-state index in [-0.39, 0.29) is 5.91 Å². The quantitative estimate of drug-likeness (QED) is 0.691. The van der Waals surface area contributed by atoms with E-state index in [0.29, 0.717) is 31.1 Å². The van der Waals surface area contributed by atoms with Gasteiger partial charge >= 0.3 is 0 Å². The van der Waals surface area contributed by atoms with Crippen LogP contribution < -0.4 is 0 Å². The van der Waals surface area contributed by atoms with Crippen LogP contribution in [0.2, 0.25) is 5.02 Å². The zero-order chi connectivity index (χ0) is 20.2. The van der Waals surface area contributed by atoms with E-state index in [1.807, 2.05) is 41.3 Å². The van der Waals surface area contributed by atoms with Crippen LogP contribution in [0.3, 0.4) is 0 Å². The minimum absolute atomic E-state index is 0.111. The highest BCUT2D eigenvalue weighted by Gasteiger charge is 2.23. The Bertz CT molecular complexity index is 1010. The lowest BCUT2D eigenvalue weighted by molar-refractivity contribution is -0.130. The number of methoxy groups -OCH3 is 1. The number of rotatable bonds is 5. The summed E-state index contributed by atoms with van der Waals surface area (Å²) in [5, 5.41) is 8.41. The van der Waals surface area contributed by atoms with Gasteiger partial charge in [0.15, 0.2) is 0 Å². The Kier molecular flexibility index (Phi) is 5.97. The van der Waals surface area contributed by atoms with Crippen LogP contribution in [0.25, 0.3) is 11.3 Å². The molecule has 0 unspecified atom stereocenters. The van der Waals surface area contributed by atoms with Crippen molar-refractivity contribution in [1.29, 1.82) is 0 Å². The van der Waals surface area contributed by atoms with Gasteiger partial charge in [-0.3, -0.25) is 9.89 Å². The van der Waals surface area contributed by atoms with E-state index < -0.39 is 0 Å². The molecule has 0 radical (unpaired) electrons. The van der Waals surface area contributed by atoms with Crippen LogP contribution in [-0.4, -0.2) is 41.2 Å². The molecule has 0 aliphatic carbocycles. The molecule has 6 heteroatoms. The number of nitrogens with zero attached hydrogens (tertiary/aromatic N) is 2. The second kappa shape index (κ2) is 8.80. The first-order valence-electron chi connectivity index (χ1n) is 9.81. The third kappa shape index (κ3) is 4.36. The second-order valence-corrected chi connectivity index (χ2v) is 7.72. The Labute approximate surface area is 175 Å². The lowest BCUT2D eigenvalue weighted by Crippen LogP contribution is -2.34. The summed E-state index contributed by atoms with van der Waals surface area (Å²) in [5.41, 5.74) is 6.36. The van der Waals surface area contributed by atoms with Crippen LogP contribution in [0.15, 0.2) is 48.5 Å². The number of ether oxygens (including phenoxy) is 1. The van der Waals surface area contributed by atoms with Gasteiger partial charge in [-0.05, 0) is 29.7 Å². The molecule has 1 aliphatic heterocycles. The molecule has 0 spiro atoms. The number of hydrogen-bond acceptors (Lipinski definition) is 3. The van der Waals surface area contributed by atoms with E-state index in [9.17, 15) is 4.79 Å². The lowest BCUT2D eigenvalue weighted by Gasteiger charge is -2.20. The van der Waals surface area contributed by atoms with Crippen LogP contribution in [0, 0.1) is 0 Å². The van der Waals surface area contributed by atoms with Gasteiger partial charge in [0.25, 0.3) is 0 Å². The van der Waals surface area contributed by atoms with Gasteiger partial charge in [-0.1, -0.05) is 48.0 Å². The average Bonchev–Trinajstić information content (AvgIpc) is 3.01. The van der Waals surface area contributed by atoms with Crippen LogP contribution in [0.4, 0.5) is 0 Å². The minimum Gasteiger partial charge on any atom is -0.380 e. The summed E-state index contributed by atoms with van der Waals surface area (Å²) in [6, 6.07) is 15.8. The molecule has 1 amide bonds. The molecule has 0 saturated heterocycles. The molecule has 4 rings (SSSR count). The number of aromatic nitrogens is 2. The molecular formula is C23H24ClN3O2. The normalized spacial score (nSPS) is 13.8. The van der Waals surface area contributed by atoms with Gasteiger partial charge in [0.1, 0.15) is 0 Å². The maximum atomic E-state index is 12.8. The minimum atomic E-state index is 0.111. The smallest absolute Gasteiger partial charge is 0.227 e. The number of aromatic amines is 1. The molecule has 1 N–H and O–H groups in total. The summed E-state index contributed by atoms with van der Waals surface area (Å²) in [6.45, 7) is 1.94. The highest BCUT2D eigenvalue weighted by Crippen LogP contribution is 2.28. The van der Waals surface area contributed by atoms with Crippen molar-refractivity contribution in [3.63, 3.8) is 0 Å². The summed E-state index contributed by atoms with van der Waals surface area (Å²) in [6.07, 6.45) is 1.88. The van der Waals surface area contributed by atoms with Gasteiger partial charge in [0.05, 0.1) is 18.7 Å². The molecule has 0 fully saturated rings. The van der Waals surface area contributed by atoms with E-state index in [2.05, 4.69) is 22.3 Å². The Morgan fingerprint density at radius 3 is 2.83 bits per heavy atom. The van der Waals surface area contributed by atoms with Crippen molar-refractivity contribution >= 4 is 17.5 Å². The first-order valence-corrected chi connectivity index (χ1v) is 10.2. The van der Waals surface area contributed by atoms with Crippen LogP contribution in [0.1, 0.15) is 22.4 Å². The van der Waals surface area contributed by atoms with Crippen LogP contribution >= 0.6 is 11.6 Å². The van der Waals surface area contributed by atoms with Crippen molar-refractivity contribution in [2.24, 2.45) is 0 Å². The van der Waals surface area contributed by atoms with Crippen LogP contribution in [0.5, 0.6) is 0 Å². The molecule has 0 saturated carbocycles. The highest BCUT2D eigenvalue weighted by atomic mass is 35.5. The Balaban J connectivity index is 1.50. The van der Waals surface area contributed by atoms with E-state index >= 15 is 0 Å². The zero-order valence-electron chi connectivity index (χ0n) is 16.5. The molecule has 1 aromatic heterocycles. The van der Waals surface area contributed by atoms with Crippen molar-refractivity contribution in [3.8, 4) is 11.3 Å². The largest absolute Gasteiger partial charge is 0.380 e. The number of fused-ring (bicyclic) bond motifs is 1. The number of amides is 1.